The second-order valence-corrected chi connectivity index (χ2v) is 17.7. The summed E-state index contributed by atoms with van der Waals surface area (Å²) in [5.41, 5.74) is 15.7. The third-order valence-corrected chi connectivity index (χ3v) is 13.7. The van der Waals surface area contributed by atoms with Crippen LogP contribution in [0.25, 0.3) is 11.1 Å². The summed E-state index contributed by atoms with van der Waals surface area (Å²) >= 11 is 0. The third-order valence-electron chi connectivity index (χ3n) is 13.7. The molecule has 2 aliphatic carbocycles. The molecule has 1 aromatic heterocycles. The number of aromatic nitrogens is 1. The Bertz CT molecular complexity index is 2600. The van der Waals surface area contributed by atoms with Crippen molar-refractivity contribution in [3.8, 4) is 51.7 Å². The fourth-order valence-electron chi connectivity index (χ4n) is 11.1. The molecule has 63 heavy (non-hydrogen) atoms. The van der Waals surface area contributed by atoms with Gasteiger partial charge in [0.05, 0.1) is 13.0 Å². The predicted octanol–water partition coefficient (Wildman–Crippen LogP) is 7.64. The van der Waals surface area contributed by atoms with Gasteiger partial charge in [0.15, 0.2) is 11.5 Å². The number of nitrogens with one attached hydrogen (secondary N) is 2. The fourth-order valence-corrected chi connectivity index (χ4v) is 11.1. The van der Waals surface area contributed by atoms with Gasteiger partial charge in [-0.15, -0.1) is 0 Å². The van der Waals surface area contributed by atoms with Gasteiger partial charge in [-0.2, -0.15) is 0 Å². The van der Waals surface area contributed by atoms with E-state index < -0.39 is 12.0 Å². The Morgan fingerprint density at radius 3 is 2.52 bits per heavy atom. The number of rotatable bonds is 12. The van der Waals surface area contributed by atoms with Gasteiger partial charge in [-0.25, -0.2) is 4.98 Å². The average Bonchev–Trinajstić information content (AvgIpc) is 3.85. The van der Waals surface area contributed by atoms with Crippen molar-refractivity contribution in [1.82, 2.24) is 15.6 Å². The second kappa shape index (κ2) is 17.5. The highest BCUT2D eigenvalue weighted by atomic mass is 16.5. The van der Waals surface area contributed by atoms with E-state index in [-0.39, 0.29) is 53.9 Å². The van der Waals surface area contributed by atoms with E-state index in [1.807, 2.05) is 32.3 Å². The third kappa shape index (κ3) is 8.03. The van der Waals surface area contributed by atoms with E-state index in [0.717, 1.165) is 82.4 Å². The molecule has 1 saturated carbocycles. The molecule has 1 fully saturated rings. The highest BCUT2D eigenvalue weighted by molar-refractivity contribution is 5.84. The summed E-state index contributed by atoms with van der Waals surface area (Å²) in [5, 5.41) is 29.1. The molecular weight excluding hydrogens is 793 g/mol. The zero-order chi connectivity index (χ0) is 43.8. The molecule has 5 atom stereocenters. The SMILES string of the molecule is CNCC(CNC)Oc1cc2c(cc1O)CC#Cc1nc(N)ccc1C(CCc1ccccc1)C1CCC3(Cc4cc(O)cc(OC)c4-c4ccc5c(c43)OC2C5COC(C)=O)C1. The van der Waals surface area contributed by atoms with E-state index in [1.165, 1.54) is 12.5 Å². The van der Waals surface area contributed by atoms with Gasteiger partial charge in [-0.3, -0.25) is 4.79 Å². The molecule has 0 radical (unpaired) electrons. The lowest BCUT2D eigenvalue weighted by atomic mass is 9.64. The van der Waals surface area contributed by atoms with E-state index in [2.05, 4.69) is 71.0 Å². The monoisotopic (exact) mass is 848 g/mol. The smallest absolute Gasteiger partial charge is 0.302 e. The number of nitrogen functional groups attached to an aromatic ring is 1. The van der Waals surface area contributed by atoms with Crippen molar-refractivity contribution in [2.24, 2.45) is 5.92 Å². The molecule has 3 heterocycles. The van der Waals surface area contributed by atoms with Crippen LogP contribution in [0.3, 0.4) is 0 Å². The molecule has 2 aliphatic heterocycles. The molecule has 11 nitrogen and oxygen atoms in total. The zero-order valence-corrected chi connectivity index (χ0v) is 36.4. The quantitative estimate of drug-likeness (QED) is 0.0621. The summed E-state index contributed by atoms with van der Waals surface area (Å²) < 4.78 is 25.8. The number of likely N-dealkylation sites (N-methyl/N-ethyl adjacent to an activating group) is 2. The molecule has 4 aliphatic rings. The summed E-state index contributed by atoms with van der Waals surface area (Å²) in [6.07, 6.45) is 4.49. The standard InChI is InChI=1S/C52H56N4O7/c1-30(57)61-29-42-39-15-16-40-48-34(21-35(58)23-46(48)60-4)26-52-20-19-33(25-52)37(14-13-31-9-6-5-7-10-31)38-17-18-47(53)56-43(38)12-8-11-32-22-44(59)45(62-36(27-54-2)28-55-3)24-41(32)50(42)63-51(39)49(40)52/h5-7,9-10,15-18,21-24,33,36-37,42,50,54-55,58-59H,11,13-14,19-20,25-29H2,1-4H3,(H2,53,56). The van der Waals surface area contributed by atoms with Gasteiger partial charge in [-0.05, 0) is 122 Å². The van der Waals surface area contributed by atoms with Crippen molar-refractivity contribution in [3.05, 3.63) is 124 Å². The Hall–Kier alpha value is -6.22. The molecule has 6 N–H and O–H groups in total. The Morgan fingerprint density at radius 1 is 0.968 bits per heavy atom. The number of benzene rings is 4. The van der Waals surface area contributed by atoms with Crippen LogP contribution in [0.1, 0.15) is 95.2 Å². The van der Waals surface area contributed by atoms with E-state index in [9.17, 15) is 15.0 Å². The summed E-state index contributed by atoms with van der Waals surface area (Å²) in [4.78, 5) is 17.4. The number of anilines is 1. The van der Waals surface area contributed by atoms with Crippen molar-refractivity contribution in [2.45, 2.75) is 81.3 Å². The number of nitrogens with two attached hydrogens (primary N) is 1. The molecule has 5 aromatic rings. The van der Waals surface area contributed by atoms with Crippen molar-refractivity contribution >= 4 is 11.8 Å². The van der Waals surface area contributed by atoms with Crippen LogP contribution in [0.4, 0.5) is 5.82 Å². The van der Waals surface area contributed by atoms with Gasteiger partial charge in [0, 0.05) is 60.2 Å². The van der Waals surface area contributed by atoms with Crippen LogP contribution in [0.5, 0.6) is 28.7 Å². The molecular formula is C52H56N4O7. The van der Waals surface area contributed by atoms with E-state index in [0.29, 0.717) is 42.5 Å². The Labute approximate surface area is 369 Å². The van der Waals surface area contributed by atoms with Crippen molar-refractivity contribution in [2.75, 3.05) is 46.6 Å². The van der Waals surface area contributed by atoms with Crippen LogP contribution in [-0.2, 0) is 34.2 Å². The van der Waals surface area contributed by atoms with Crippen LogP contribution in [-0.4, -0.2) is 68.2 Å². The number of nitrogens with zero attached hydrogens (tertiary/aromatic N) is 1. The number of phenolic OH excluding ortho intramolecular Hbond substituents is 2. The zero-order valence-electron chi connectivity index (χ0n) is 36.4. The lowest BCUT2D eigenvalue weighted by Gasteiger charge is -2.39. The maximum absolute atomic E-state index is 12.6. The van der Waals surface area contributed by atoms with Gasteiger partial charge in [-0.1, -0.05) is 54.5 Å². The molecule has 5 unspecified atom stereocenters. The summed E-state index contributed by atoms with van der Waals surface area (Å²) in [5.74, 6) is 8.74. The first kappa shape index (κ1) is 42.1. The first-order valence-corrected chi connectivity index (χ1v) is 22.1. The maximum Gasteiger partial charge on any atom is 0.302 e. The number of ether oxygens (including phenoxy) is 4. The Morgan fingerprint density at radius 2 is 1.76 bits per heavy atom. The van der Waals surface area contributed by atoms with E-state index >= 15 is 0 Å². The average molecular weight is 849 g/mol. The minimum atomic E-state index is -0.625. The molecule has 1 spiro atoms. The normalized spacial score (nSPS) is 21.4. The molecule has 0 saturated heterocycles. The maximum atomic E-state index is 12.6. The van der Waals surface area contributed by atoms with Crippen LogP contribution in [0, 0.1) is 17.8 Å². The lowest BCUT2D eigenvalue weighted by Crippen LogP contribution is -2.37. The first-order chi connectivity index (χ1) is 30.6. The van der Waals surface area contributed by atoms with Gasteiger partial charge < -0.3 is 45.5 Å². The van der Waals surface area contributed by atoms with Crippen LogP contribution < -0.4 is 30.6 Å². The van der Waals surface area contributed by atoms with Gasteiger partial charge in [0.2, 0.25) is 0 Å². The molecule has 4 aromatic carbocycles. The van der Waals surface area contributed by atoms with E-state index in [4.69, 9.17) is 29.7 Å². The second-order valence-electron chi connectivity index (χ2n) is 17.7. The van der Waals surface area contributed by atoms with Crippen molar-refractivity contribution in [3.63, 3.8) is 0 Å². The number of hydrogen-bond donors (Lipinski definition) is 5. The first-order valence-electron chi connectivity index (χ1n) is 22.1. The van der Waals surface area contributed by atoms with Gasteiger partial charge in [0.1, 0.15) is 47.6 Å². The van der Waals surface area contributed by atoms with Crippen LogP contribution in [0.2, 0.25) is 0 Å². The number of phenols is 2. The van der Waals surface area contributed by atoms with Crippen LogP contribution in [0.15, 0.2) is 78.9 Å². The lowest BCUT2D eigenvalue weighted by molar-refractivity contribution is -0.141. The molecule has 11 heteroatoms. The predicted molar refractivity (Wildman–Crippen MR) is 243 cm³/mol. The van der Waals surface area contributed by atoms with Crippen molar-refractivity contribution in [1.29, 1.82) is 0 Å². The number of fused-ring (bicyclic) bond motifs is 7. The fraction of sp³-hybridized carbons (Fsp3) is 0.385. The van der Waals surface area contributed by atoms with Gasteiger partial charge >= 0.3 is 5.97 Å². The summed E-state index contributed by atoms with van der Waals surface area (Å²) in [6.45, 7) is 2.59. The number of pyridine rings is 1. The van der Waals surface area contributed by atoms with Crippen LogP contribution >= 0.6 is 0 Å². The van der Waals surface area contributed by atoms with Crippen molar-refractivity contribution < 1.29 is 34.0 Å². The number of carbonyl (C=O) groups is 1. The Balaban J connectivity index is 1.28. The Kier molecular flexibility index (Phi) is 11.7. The molecule has 0 amide bonds. The number of esters is 1. The molecule has 326 valence electrons. The summed E-state index contributed by atoms with van der Waals surface area (Å²) in [7, 11) is 5.37. The topological polar surface area (TPSA) is 157 Å². The molecule has 9 rings (SSSR count). The number of methoxy groups -OCH3 is 1. The largest absolute Gasteiger partial charge is 0.508 e. The highest BCUT2D eigenvalue weighted by Crippen LogP contribution is 2.63. The number of aromatic hydroxyl groups is 2. The number of aryl methyl sites for hydroxylation is 1. The van der Waals surface area contributed by atoms with Gasteiger partial charge in [0.25, 0.3) is 0 Å². The number of hydrogen-bond acceptors (Lipinski definition) is 11. The van der Waals surface area contributed by atoms with E-state index in [1.54, 1.807) is 19.2 Å². The highest BCUT2D eigenvalue weighted by Gasteiger charge is 2.52. The minimum absolute atomic E-state index is 0.0120. The summed E-state index contributed by atoms with van der Waals surface area (Å²) in [6, 6.07) is 26.1. The number of carbonyl (C=O) groups excluding carboxylic acids is 1. The molecule has 4 bridgehead atoms. The minimum Gasteiger partial charge on any atom is -0.508 e.